The number of halogens is 6. The van der Waals surface area contributed by atoms with E-state index in [9.17, 15) is 26.3 Å². The van der Waals surface area contributed by atoms with Crippen molar-refractivity contribution in [3.05, 3.63) is 71.8 Å². The van der Waals surface area contributed by atoms with Gasteiger partial charge in [-0.2, -0.15) is 26.3 Å². The smallest absolute Gasteiger partial charge is 0.379 e. The summed E-state index contributed by atoms with van der Waals surface area (Å²) in [7, 11) is 0. The summed E-state index contributed by atoms with van der Waals surface area (Å²) in [5.41, 5.74) is -1.46. The number of nitrogens with one attached hydrogen (secondary N) is 1. The van der Waals surface area contributed by atoms with Crippen LogP contribution in [0.2, 0.25) is 0 Å². The molecule has 0 amide bonds. The second-order valence-corrected chi connectivity index (χ2v) is 8.56. The van der Waals surface area contributed by atoms with Gasteiger partial charge in [-0.15, -0.1) is 0 Å². The first kappa shape index (κ1) is 25.8. The monoisotopic (exact) mass is 534 g/mol. The van der Waals surface area contributed by atoms with E-state index in [4.69, 9.17) is 4.74 Å². The number of fused-ring (bicyclic) bond motifs is 1. The predicted molar refractivity (Wildman–Crippen MR) is 126 cm³/mol. The van der Waals surface area contributed by atoms with Gasteiger partial charge in [-0.05, 0) is 42.5 Å². The van der Waals surface area contributed by atoms with Crippen LogP contribution in [0, 0.1) is 0 Å². The summed E-state index contributed by atoms with van der Waals surface area (Å²) in [6.07, 6.45) is -6.54. The molecule has 0 aliphatic carbocycles. The van der Waals surface area contributed by atoms with Gasteiger partial charge in [-0.25, -0.2) is 9.97 Å². The first-order valence-electron chi connectivity index (χ1n) is 11.5. The van der Waals surface area contributed by atoms with Gasteiger partial charge in [0.2, 0.25) is 0 Å². The van der Waals surface area contributed by atoms with Crippen molar-refractivity contribution in [3.63, 3.8) is 0 Å². The molecular formula is C25H20F6N6O. The van der Waals surface area contributed by atoms with Crippen molar-refractivity contribution < 1.29 is 31.1 Å². The molecule has 0 atom stereocenters. The zero-order valence-corrected chi connectivity index (χ0v) is 19.6. The molecule has 1 fully saturated rings. The number of pyridine rings is 2. The number of alkyl halides is 6. The van der Waals surface area contributed by atoms with Crippen molar-refractivity contribution in [1.82, 2.24) is 24.8 Å². The van der Waals surface area contributed by atoms with E-state index in [1.54, 1.807) is 0 Å². The van der Waals surface area contributed by atoms with Gasteiger partial charge in [-0.1, -0.05) is 0 Å². The minimum Gasteiger partial charge on any atom is -0.379 e. The van der Waals surface area contributed by atoms with E-state index in [2.05, 4.69) is 30.2 Å². The number of aromatic nitrogens is 4. The van der Waals surface area contributed by atoms with E-state index in [0.717, 1.165) is 18.2 Å². The molecule has 0 unspecified atom stereocenters. The van der Waals surface area contributed by atoms with Crippen LogP contribution in [0.5, 0.6) is 0 Å². The van der Waals surface area contributed by atoms with E-state index < -0.39 is 23.5 Å². The summed E-state index contributed by atoms with van der Waals surface area (Å²) < 4.78 is 85.1. The third kappa shape index (κ3) is 5.68. The highest BCUT2D eigenvalue weighted by atomic mass is 19.4. The molecule has 5 rings (SSSR count). The summed E-state index contributed by atoms with van der Waals surface area (Å²) in [5, 5.41) is 3.38. The van der Waals surface area contributed by atoms with E-state index >= 15 is 0 Å². The Morgan fingerprint density at radius 2 is 1.63 bits per heavy atom. The van der Waals surface area contributed by atoms with E-state index in [0.29, 0.717) is 55.3 Å². The van der Waals surface area contributed by atoms with Crippen LogP contribution < -0.4 is 5.32 Å². The van der Waals surface area contributed by atoms with Crippen molar-refractivity contribution in [2.75, 3.05) is 31.6 Å². The fraction of sp³-hybridized carbons (Fsp3) is 0.280. The maximum Gasteiger partial charge on any atom is 0.418 e. The number of nitrogens with zero attached hydrogens (tertiary/aromatic N) is 5. The third-order valence-corrected chi connectivity index (χ3v) is 5.93. The molecule has 198 valence electrons. The fourth-order valence-electron chi connectivity index (χ4n) is 4.05. The molecule has 0 spiro atoms. The normalized spacial score (nSPS) is 15.1. The lowest BCUT2D eigenvalue weighted by Crippen LogP contribution is -2.36. The largest absolute Gasteiger partial charge is 0.418 e. The van der Waals surface area contributed by atoms with E-state index in [1.807, 2.05) is 0 Å². The number of hydrogen-bond donors (Lipinski definition) is 1. The van der Waals surface area contributed by atoms with Crippen molar-refractivity contribution in [2.24, 2.45) is 0 Å². The van der Waals surface area contributed by atoms with Crippen LogP contribution in [-0.4, -0.2) is 51.1 Å². The van der Waals surface area contributed by atoms with Crippen molar-refractivity contribution in [3.8, 4) is 11.4 Å². The number of morpholine rings is 1. The SMILES string of the molecule is FC(F)(F)c1ccc(Nc2nc(CN3CCOCC3)nc3cc(-c4ncccc4C(F)(F)F)ncc23)cc1. The van der Waals surface area contributed by atoms with Crippen molar-refractivity contribution in [2.45, 2.75) is 18.9 Å². The highest BCUT2D eigenvalue weighted by molar-refractivity contribution is 5.92. The number of rotatable bonds is 5. The van der Waals surface area contributed by atoms with E-state index in [1.165, 1.54) is 36.7 Å². The Bertz CT molecular complexity index is 1440. The summed E-state index contributed by atoms with van der Waals surface area (Å²) >= 11 is 0. The molecule has 4 aromatic rings. The lowest BCUT2D eigenvalue weighted by Gasteiger charge is -2.26. The van der Waals surface area contributed by atoms with Crippen LogP contribution in [0.1, 0.15) is 17.0 Å². The predicted octanol–water partition coefficient (Wildman–Crippen LogP) is 5.70. The lowest BCUT2D eigenvalue weighted by atomic mass is 10.1. The highest BCUT2D eigenvalue weighted by Gasteiger charge is 2.35. The Balaban J connectivity index is 1.57. The molecule has 3 aromatic heterocycles. The molecule has 7 nitrogen and oxygen atoms in total. The quantitative estimate of drug-likeness (QED) is 0.329. The minimum absolute atomic E-state index is 0.0260. The zero-order valence-electron chi connectivity index (χ0n) is 19.6. The van der Waals surface area contributed by atoms with Gasteiger partial charge in [-0.3, -0.25) is 14.9 Å². The molecule has 38 heavy (non-hydrogen) atoms. The number of ether oxygens (including phenoxy) is 1. The summed E-state index contributed by atoms with van der Waals surface area (Å²) in [6, 6.07) is 7.94. The second kappa shape index (κ2) is 10.1. The highest BCUT2D eigenvalue weighted by Crippen LogP contribution is 2.36. The standard InChI is InChI=1S/C25H20F6N6O/c26-24(27,28)15-3-5-16(6-4-15)34-23-17-13-33-20(22-18(25(29,30)31)2-1-7-32-22)12-19(17)35-21(36-23)14-37-8-10-38-11-9-37/h1-7,12-13H,8-11,14H2,(H,34,35,36). The van der Waals surface area contributed by atoms with Crippen LogP contribution in [0.4, 0.5) is 37.8 Å². The maximum atomic E-state index is 13.6. The van der Waals surface area contributed by atoms with Gasteiger partial charge in [0.25, 0.3) is 0 Å². The number of anilines is 2. The molecular weight excluding hydrogens is 514 g/mol. The molecule has 1 aliphatic heterocycles. The molecule has 0 radical (unpaired) electrons. The lowest BCUT2D eigenvalue weighted by molar-refractivity contribution is -0.138. The maximum absolute atomic E-state index is 13.6. The average molecular weight is 534 g/mol. The Kier molecular flexibility index (Phi) is 6.88. The second-order valence-electron chi connectivity index (χ2n) is 8.56. The summed E-state index contributed by atoms with van der Waals surface area (Å²) in [6.45, 7) is 2.72. The van der Waals surface area contributed by atoms with E-state index in [-0.39, 0.29) is 17.2 Å². The van der Waals surface area contributed by atoms with Crippen molar-refractivity contribution >= 4 is 22.4 Å². The van der Waals surface area contributed by atoms with Gasteiger partial charge in [0.1, 0.15) is 17.3 Å². The topological polar surface area (TPSA) is 76.1 Å². The molecule has 4 heterocycles. The third-order valence-electron chi connectivity index (χ3n) is 5.93. The molecule has 1 N–H and O–H groups in total. The van der Waals surface area contributed by atoms with Crippen LogP contribution in [0.15, 0.2) is 54.9 Å². The molecule has 0 bridgehead atoms. The molecule has 0 saturated carbocycles. The van der Waals surface area contributed by atoms with Gasteiger partial charge in [0.05, 0.1) is 47.5 Å². The fourth-order valence-corrected chi connectivity index (χ4v) is 4.05. The summed E-state index contributed by atoms with van der Waals surface area (Å²) in [5.74, 6) is 0.636. The van der Waals surface area contributed by atoms with Crippen molar-refractivity contribution in [1.29, 1.82) is 0 Å². The molecule has 1 aromatic carbocycles. The number of hydrogen-bond acceptors (Lipinski definition) is 7. The van der Waals surface area contributed by atoms with Gasteiger partial charge >= 0.3 is 12.4 Å². The first-order chi connectivity index (χ1) is 18.1. The Morgan fingerprint density at radius 3 is 2.32 bits per heavy atom. The molecule has 13 heteroatoms. The van der Waals surface area contributed by atoms with Crippen LogP contribution >= 0.6 is 0 Å². The van der Waals surface area contributed by atoms with Gasteiger partial charge < -0.3 is 10.1 Å². The Labute approximate surface area is 212 Å². The van der Waals surface area contributed by atoms with Gasteiger partial charge in [0, 0.05) is 31.2 Å². The average Bonchev–Trinajstić information content (AvgIpc) is 2.88. The van der Waals surface area contributed by atoms with Crippen LogP contribution in [0.3, 0.4) is 0 Å². The number of benzene rings is 1. The van der Waals surface area contributed by atoms with Gasteiger partial charge in [0.15, 0.2) is 0 Å². The minimum atomic E-state index is -4.64. The molecule has 1 aliphatic rings. The van der Waals surface area contributed by atoms with Crippen LogP contribution in [0.25, 0.3) is 22.3 Å². The van der Waals surface area contributed by atoms with Crippen LogP contribution in [-0.2, 0) is 23.6 Å². The Hall–Kier alpha value is -3.84. The first-order valence-corrected chi connectivity index (χ1v) is 11.5. The molecule has 1 saturated heterocycles. The summed E-state index contributed by atoms with van der Waals surface area (Å²) in [4.78, 5) is 19.3. The zero-order chi connectivity index (χ0) is 26.9. The Morgan fingerprint density at radius 1 is 0.895 bits per heavy atom.